The molecule has 0 amide bonds. The standard InChI is InChI=1S/C14H15ClN2O2/c1-3-8-17-13(12(19-2)9-16-17)14(18)10-4-6-11(15)7-5-10/h4-7,9H,3,8H2,1-2H3. The minimum absolute atomic E-state index is 0.112. The number of carbonyl (C=O) groups is 1. The molecule has 2 rings (SSSR count). The van der Waals surface area contributed by atoms with Crippen LogP contribution in [0.1, 0.15) is 29.4 Å². The summed E-state index contributed by atoms with van der Waals surface area (Å²) in [6.45, 7) is 2.71. The molecular weight excluding hydrogens is 264 g/mol. The van der Waals surface area contributed by atoms with Gasteiger partial charge in [-0.3, -0.25) is 9.48 Å². The van der Waals surface area contributed by atoms with Gasteiger partial charge in [0, 0.05) is 17.1 Å². The minimum atomic E-state index is -0.112. The zero-order chi connectivity index (χ0) is 13.8. The van der Waals surface area contributed by atoms with Gasteiger partial charge >= 0.3 is 0 Å². The van der Waals surface area contributed by atoms with Gasteiger partial charge in [-0.25, -0.2) is 0 Å². The molecule has 0 aliphatic heterocycles. The number of aryl methyl sites for hydroxylation is 1. The van der Waals surface area contributed by atoms with Crippen LogP contribution in [0, 0.1) is 0 Å². The smallest absolute Gasteiger partial charge is 0.214 e. The zero-order valence-corrected chi connectivity index (χ0v) is 11.6. The van der Waals surface area contributed by atoms with Gasteiger partial charge in [0.15, 0.2) is 11.4 Å². The van der Waals surface area contributed by atoms with Crippen LogP contribution in [-0.2, 0) is 6.54 Å². The molecule has 1 aromatic carbocycles. The third kappa shape index (κ3) is 2.79. The second-order valence-electron chi connectivity index (χ2n) is 4.12. The van der Waals surface area contributed by atoms with Gasteiger partial charge in [0.25, 0.3) is 0 Å². The van der Waals surface area contributed by atoms with E-state index in [2.05, 4.69) is 5.10 Å². The molecule has 0 aliphatic rings. The van der Waals surface area contributed by atoms with Gasteiger partial charge in [-0.2, -0.15) is 5.10 Å². The summed E-state index contributed by atoms with van der Waals surface area (Å²) in [5, 5.41) is 4.79. The molecule has 4 nitrogen and oxygen atoms in total. The summed E-state index contributed by atoms with van der Waals surface area (Å²) >= 11 is 5.83. The van der Waals surface area contributed by atoms with Crippen molar-refractivity contribution in [3.8, 4) is 5.75 Å². The van der Waals surface area contributed by atoms with Crippen LogP contribution < -0.4 is 4.74 Å². The number of ether oxygens (including phenoxy) is 1. The van der Waals surface area contributed by atoms with Gasteiger partial charge < -0.3 is 4.74 Å². The topological polar surface area (TPSA) is 44.1 Å². The molecule has 0 fully saturated rings. The molecule has 0 saturated carbocycles. The average molecular weight is 279 g/mol. The number of rotatable bonds is 5. The van der Waals surface area contributed by atoms with Crippen molar-refractivity contribution >= 4 is 17.4 Å². The maximum absolute atomic E-state index is 12.5. The molecule has 100 valence electrons. The van der Waals surface area contributed by atoms with E-state index in [-0.39, 0.29) is 5.78 Å². The average Bonchev–Trinajstić information content (AvgIpc) is 2.82. The van der Waals surface area contributed by atoms with Crippen LogP contribution in [0.4, 0.5) is 0 Å². The second-order valence-corrected chi connectivity index (χ2v) is 4.56. The molecule has 19 heavy (non-hydrogen) atoms. The number of methoxy groups -OCH3 is 1. The predicted molar refractivity (Wildman–Crippen MR) is 74.0 cm³/mol. The Morgan fingerprint density at radius 3 is 2.63 bits per heavy atom. The highest BCUT2D eigenvalue weighted by Crippen LogP contribution is 2.22. The molecule has 0 bridgehead atoms. The first-order valence-corrected chi connectivity index (χ1v) is 6.45. The van der Waals surface area contributed by atoms with Gasteiger partial charge in [-0.1, -0.05) is 18.5 Å². The molecule has 0 radical (unpaired) electrons. The first kappa shape index (κ1) is 13.6. The van der Waals surface area contributed by atoms with E-state index in [9.17, 15) is 4.79 Å². The van der Waals surface area contributed by atoms with E-state index in [1.807, 2.05) is 6.92 Å². The van der Waals surface area contributed by atoms with Crippen molar-refractivity contribution in [3.05, 3.63) is 46.7 Å². The molecule has 1 heterocycles. The number of aromatic nitrogens is 2. The molecule has 0 unspecified atom stereocenters. The van der Waals surface area contributed by atoms with Crippen molar-refractivity contribution in [2.75, 3.05) is 7.11 Å². The normalized spacial score (nSPS) is 10.5. The number of hydrogen-bond acceptors (Lipinski definition) is 3. The molecule has 0 atom stereocenters. The van der Waals surface area contributed by atoms with Crippen molar-refractivity contribution in [2.24, 2.45) is 0 Å². The minimum Gasteiger partial charge on any atom is -0.493 e. The van der Waals surface area contributed by atoms with Crippen LogP contribution in [0.2, 0.25) is 5.02 Å². The van der Waals surface area contributed by atoms with E-state index in [4.69, 9.17) is 16.3 Å². The lowest BCUT2D eigenvalue weighted by Gasteiger charge is -2.07. The van der Waals surface area contributed by atoms with Gasteiger partial charge in [-0.15, -0.1) is 0 Å². The number of benzene rings is 1. The largest absolute Gasteiger partial charge is 0.493 e. The second kappa shape index (κ2) is 5.89. The summed E-state index contributed by atoms with van der Waals surface area (Å²) in [6, 6.07) is 6.80. The Balaban J connectivity index is 2.42. The highest BCUT2D eigenvalue weighted by molar-refractivity contribution is 6.30. The molecular formula is C14H15ClN2O2. The summed E-state index contributed by atoms with van der Waals surface area (Å²) in [7, 11) is 1.53. The Labute approximate surface area is 116 Å². The highest BCUT2D eigenvalue weighted by atomic mass is 35.5. The van der Waals surface area contributed by atoms with Crippen LogP contribution in [0.3, 0.4) is 0 Å². The fraction of sp³-hybridized carbons (Fsp3) is 0.286. The quantitative estimate of drug-likeness (QED) is 0.789. The maximum Gasteiger partial charge on any atom is 0.214 e. The van der Waals surface area contributed by atoms with E-state index >= 15 is 0 Å². The Bertz CT molecular complexity index is 576. The van der Waals surface area contributed by atoms with Crippen molar-refractivity contribution < 1.29 is 9.53 Å². The van der Waals surface area contributed by atoms with Crippen LogP contribution >= 0.6 is 11.6 Å². The summed E-state index contributed by atoms with van der Waals surface area (Å²) < 4.78 is 6.88. The maximum atomic E-state index is 12.5. The lowest BCUT2D eigenvalue weighted by molar-refractivity contribution is 0.102. The third-order valence-electron chi connectivity index (χ3n) is 2.78. The summed E-state index contributed by atoms with van der Waals surface area (Å²) in [5.41, 5.74) is 1.05. The Morgan fingerprint density at radius 1 is 1.37 bits per heavy atom. The number of hydrogen-bond donors (Lipinski definition) is 0. The highest BCUT2D eigenvalue weighted by Gasteiger charge is 2.20. The van der Waals surface area contributed by atoms with Gasteiger partial charge in [0.2, 0.25) is 5.78 Å². The van der Waals surface area contributed by atoms with E-state index in [1.54, 1.807) is 35.1 Å². The third-order valence-corrected chi connectivity index (χ3v) is 3.03. The van der Waals surface area contributed by atoms with E-state index in [0.717, 1.165) is 6.42 Å². The van der Waals surface area contributed by atoms with E-state index in [1.165, 1.54) is 7.11 Å². The number of nitrogens with zero attached hydrogens (tertiary/aromatic N) is 2. The molecule has 0 saturated heterocycles. The first-order valence-electron chi connectivity index (χ1n) is 6.07. The van der Waals surface area contributed by atoms with Gasteiger partial charge in [0.05, 0.1) is 13.3 Å². The Hall–Kier alpha value is -1.81. The fourth-order valence-corrected chi connectivity index (χ4v) is 1.99. The molecule has 5 heteroatoms. The molecule has 0 spiro atoms. The lowest BCUT2D eigenvalue weighted by Crippen LogP contribution is -2.12. The fourth-order valence-electron chi connectivity index (χ4n) is 1.87. The van der Waals surface area contributed by atoms with Crippen LogP contribution in [0.15, 0.2) is 30.5 Å². The molecule has 1 aromatic heterocycles. The molecule has 0 N–H and O–H groups in total. The van der Waals surface area contributed by atoms with Crippen LogP contribution in [0.25, 0.3) is 0 Å². The summed E-state index contributed by atoms with van der Waals surface area (Å²) in [6.07, 6.45) is 2.46. The van der Waals surface area contributed by atoms with Gasteiger partial charge in [0.1, 0.15) is 0 Å². The number of halogens is 1. The molecule has 2 aromatic rings. The van der Waals surface area contributed by atoms with Gasteiger partial charge in [-0.05, 0) is 30.7 Å². The van der Waals surface area contributed by atoms with E-state index in [0.29, 0.717) is 28.6 Å². The monoisotopic (exact) mass is 278 g/mol. The Morgan fingerprint density at radius 2 is 2.05 bits per heavy atom. The number of ketones is 1. The SMILES string of the molecule is CCCn1ncc(OC)c1C(=O)c1ccc(Cl)cc1. The summed E-state index contributed by atoms with van der Waals surface area (Å²) in [5.74, 6) is 0.382. The van der Waals surface area contributed by atoms with E-state index < -0.39 is 0 Å². The molecule has 0 aliphatic carbocycles. The van der Waals surface area contributed by atoms with Crippen molar-refractivity contribution in [3.63, 3.8) is 0 Å². The summed E-state index contributed by atoms with van der Waals surface area (Å²) in [4.78, 5) is 12.5. The van der Waals surface area contributed by atoms with Crippen molar-refractivity contribution in [2.45, 2.75) is 19.9 Å². The van der Waals surface area contributed by atoms with Crippen LogP contribution in [0.5, 0.6) is 5.75 Å². The number of carbonyl (C=O) groups excluding carboxylic acids is 1. The lowest BCUT2D eigenvalue weighted by atomic mass is 10.1. The zero-order valence-electron chi connectivity index (χ0n) is 10.9. The van der Waals surface area contributed by atoms with Crippen molar-refractivity contribution in [1.82, 2.24) is 9.78 Å². The first-order chi connectivity index (χ1) is 9.17. The predicted octanol–water partition coefficient (Wildman–Crippen LogP) is 3.19. The van der Waals surface area contributed by atoms with Crippen molar-refractivity contribution in [1.29, 1.82) is 0 Å². The van der Waals surface area contributed by atoms with Crippen LogP contribution in [-0.4, -0.2) is 22.7 Å². The Kier molecular flexibility index (Phi) is 4.22.